The van der Waals surface area contributed by atoms with Crippen molar-refractivity contribution in [2.24, 2.45) is 9.98 Å². The number of hydrogen-bond acceptors (Lipinski definition) is 2. The first-order chi connectivity index (χ1) is 27.8. The van der Waals surface area contributed by atoms with Gasteiger partial charge < -0.3 is 4.42 Å². The fourth-order valence-corrected chi connectivity index (χ4v) is 8.97. The highest BCUT2D eigenvalue weighted by atomic mass is 16.3. The van der Waals surface area contributed by atoms with Crippen molar-refractivity contribution in [2.45, 2.75) is 13.8 Å². The molecule has 12 heteroatoms. The van der Waals surface area contributed by atoms with Crippen LogP contribution in [0.15, 0.2) is 124 Å². The van der Waals surface area contributed by atoms with Gasteiger partial charge in [0.15, 0.2) is 5.84 Å². The van der Waals surface area contributed by atoms with E-state index in [1.165, 1.54) is 82.4 Å². The van der Waals surface area contributed by atoms with Crippen LogP contribution >= 0.6 is 0 Å². The topological polar surface area (TPSA) is 37.9 Å². The van der Waals surface area contributed by atoms with E-state index in [0.717, 1.165) is 49.7 Å². The van der Waals surface area contributed by atoms with Gasteiger partial charge in [0, 0.05) is 33.2 Å². The molecule has 3 nitrogen and oxygen atoms in total. The van der Waals surface area contributed by atoms with E-state index < -0.39 is 0 Å². The lowest BCUT2D eigenvalue weighted by Gasteiger charge is -2.22. The molecule has 0 spiro atoms. The van der Waals surface area contributed by atoms with Gasteiger partial charge in [0.2, 0.25) is 0 Å². The summed E-state index contributed by atoms with van der Waals surface area (Å²) < 4.78 is 6.27. The molecular weight excluding hydrogens is 694 g/mol. The second-order valence-electron chi connectivity index (χ2n) is 16.2. The number of hydrogen-bond donors (Lipinski definition) is 0. The van der Waals surface area contributed by atoms with E-state index in [-0.39, 0.29) is 0 Å². The summed E-state index contributed by atoms with van der Waals surface area (Å²) in [7, 11) is 20.2. The third kappa shape index (κ3) is 6.57. The molecule has 0 aliphatic rings. The number of aliphatic imine (C=N–C) groups is 2. The maximum Gasteiger partial charge on any atom is 0.160 e. The van der Waals surface area contributed by atoms with Gasteiger partial charge in [-0.1, -0.05) is 113 Å². The van der Waals surface area contributed by atoms with Crippen LogP contribution in [-0.2, 0) is 0 Å². The molecule has 1 aromatic heterocycles. The zero-order chi connectivity index (χ0) is 41.2. The molecule has 270 valence electrons. The van der Waals surface area contributed by atoms with Crippen LogP contribution in [0.5, 0.6) is 0 Å². The average molecular weight is 737 g/mol. The lowest BCUT2D eigenvalue weighted by atomic mass is 9.59. The van der Waals surface area contributed by atoms with E-state index in [1.807, 2.05) is 30.3 Å². The Morgan fingerprint density at radius 3 is 1.86 bits per heavy atom. The van der Waals surface area contributed by atoms with E-state index in [0.29, 0.717) is 11.5 Å². The molecule has 0 atom stereocenters. The second kappa shape index (κ2) is 15.2. The Balaban J connectivity index is 1.33. The summed E-state index contributed by atoms with van der Waals surface area (Å²) in [5.74, 6) is 0.605. The van der Waals surface area contributed by atoms with Gasteiger partial charge in [-0.15, -0.1) is 27.3 Å². The first kappa shape index (κ1) is 39.1. The summed E-state index contributed by atoms with van der Waals surface area (Å²) in [4.78, 5) is 10.8. The van der Waals surface area contributed by atoms with Crippen molar-refractivity contribution in [3.05, 3.63) is 132 Å². The lowest BCUT2D eigenvalue weighted by Crippen LogP contribution is -2.55. The highest BCUT2D eigenvalue weighted by Gasteiger charge is 2.19. The molecule has 8 rings (SSSR count). The van der Waals surface area contributed by atoms with E-state index in [4.69, 9.17) is 14.4 Å². The van der Waals surface area contributed by atoms with Gasteiger partial charge >= 0.3 is 0 Å². The minimum absolute atomic E-state index is 0.605. The molecule has 0 aliphatic carbocycles. The lowest BCUT2D eigenvalue weighted by molar-refractivity contribution is 0.669. The van der Waals surface area contributed by atoms with Gasteiger partial charge in [0.1, 0.15) is 81.8 Å². The average Bonchev–Trinajstić information content (AvgIpc) is 3.62. The quantitative estimate of drug-likeness (QED) is 0.100. The summed E-state index contributed by atoms with van der Waals surface area (Å²) in [5.41, 5.74) is 24.4. The van der Waals surface area contributed by atoms with Crippen molar-refractivity contribution < 1.29 is 4.42 Å². The Morgan fingerprint density at radius 2 is 1.12 bits per heavy atom. The van der Waals surface area contributed by atoms with Crippen LogP contribution < -0.4 is 49.2 Å². The van der Waals surface area contributed by atoms with E-state index in [2.05, 4.69) is 164 Å². The molecule has 0 saturated heterocycles. The van der Waals surface area contributed by atoms with Crippen LogP contribution in [0.3, 0.4) is 0 Å². The highest BCUT2D eigenvalue weighted by Crippen LogP contribution is 2.35. The first-order valence-corrected chi connectivity index (χ1v) is 20.3. The molecule has 7 aromatic carbocycles. The predicted octanol–water partition coefficient (Wildman–Crippen LogP) is -3.37. The largest absolute Gasteiger partial charge is 0.456 e. The molecule has 0 saturated carbocycles. The molecule has 1 heterocycles. The van der Waals surface area contributed by atoms with E-state index in [1.54, 1.807) is 0 Å². The van der Waals surface area contributed by atoms with E-state index >= 15 is 0 Å². The van der Waals surface area contributed by atoms with Crippen LogP contribution in [0, 0.1) is 6.92 Å². The SMILES string of the molecule is Bc1c(B)c(B)c(-c2ccc3ccc(C(=N/C(=C)c4cccc5oc6ccccc6c45)/N=C(\C)c4ccccc4-c4c(B)c(B)c(B)c(B)c4C)cc3c2)c(B)c1B. The molecule has 0 unspecified atom stereocenters. The monoisotopic (exact) mass is 738 g/mol. The number of para-hydroxylation sites is 1. The Labute approximate surface area is 350 Å². The van der Waals surface area contributed by atoms with Gasteiger partial charge in [-0.05, 0) is 71.1 Å². The Morgan fingerprint density at radius 1 is 0.534 bits per heavy atom. The Hall–Kier alpha value is -5.74. The third-order valence-electron chi connectivity index (χ3n) is 13.2. The number of rotatable bonds is 6. The van der Waals surface area contributed by atoms with Crippen molar-refractivity contribution in [3.8, 4) is 22.3 Å². The van der Waals surface area contributed by atoms with Crippen molar-refractivity contribution >= 4 is 170 Å². The maximum absolute atomic E-state index is 6.27. The summed E-state index contributed by atoms with van der Waals surface area (Å²) in [6.45, 7) is 8.93. The van der Waals surface area contributed by atoms with Crippen molar-refractivity contribution in [1.82, 2.24) is 0 Å². The number of fused-ring (bicyclic) bond motifs is 4. The van der Waals surface area contributed by atoms with Gasteiger partial charge in [0.05, 0.1) is 5.70 Å². The van der Waals surface area contributed by atoms with Gasteiger partial charge in [0.25, 0.3) is 0 Å². The fraction of sp³-hybridized carbons (Fsp3) is 0.0435. The highest BCUT2D eigenvalue weighted by molar-refractivity contribution is 6.69. The summed E-state index contributed by atoms with van der Waals surface area (Å²) in [5, 5.41) is 4.35. The minimum atomic E-state index is 0.605. The van der Waals surface area contributed by atoms with Crippen LogP contribution in [0.4, 0.5) is 0 Å². The Kier molecular flexibility index (Phi) is 10.3. The summed E-state index contributed by atoms with van der Waals surface area (Å²) in [6, 6.07) is 36.3. The number of amidine groups is 1. The van der Waals surface area contributed by atoms with Gasteiger partial charge in [-0.2, -0.15) is 0 Å². The third-order valence-corrected chi connectivity index (χ3v) is 13.2. The summed E-state index contributed by atoms with van der Waals surface area (Å²) >= 11 is 0. The minimum Gasteiger partial charge on any atom is -0.456 e. The molecule has 0 fully saturated rings. The van der Waals surface area contributed by atoms with Crippen LogP contribution in [0.2, 0.25) is 0 Å². The molecule has 58 heavy (non-hydrogen) atoms. The van der Waals surface area contributed by atoms with Gasteiger partial charge in [-0.25, -0.2) is 9.98 Å². The normalized spacial score (nSPS) is 12.2. The zero-order valence-electron chi connectivity index (χ0n) is 35.8. The molecule has 0 bridgehead atoms. The molecule has 0 radical (unpaired) electrons. The number of nitrogens with zero attached hydrogens (tertiary/aromatic N) is 2. The predicted molar refractivity (Wildman–Crippen MR) is 281 cm³/mol. The number of benzene rings is 7. The van der Waals surface area contributed by atoms with E-state index in [9.17, 15) is 0 Å². The van der Waals surface area contributed by atoms with Gasteiger partial charge in [-0.3, -0.25) is 0 Å². The Bertz CT molecular complexity index is 3050. The van der Waals surface area contributed by atoms with Crippen LogP contribution in [0.25, 0.3) is 60.7 Å². The van der Waals surface area contributed by atoms with Crippen LogP contribution in [-0.4, -0.2) is 82.2 Å². The van der Waals surface area contributed by atoms with Crippen molar-refractivity contribution in [3.63, 3.8) is 0 Å². The standard InChI is InChI=1S/C46H43B9N2O/c1-21-34(38(48)42(52)41(51)37(21)47)30-10-5-4-9-28(30)22(2)56-46(57-23(3)29-12-8-14-33-36(29)31-11-6-7-13-32(31)58-33)26-18-16-24-15-17-25(19-27(24)20-26)35-39(49)43(53)45(55)44(54)40(35)50/h4-20H,3,47-55H2,1-2H3/b56-22+,57-46-. The molecule has 0 amide bonds. The van der Waals surface area contributed by atoms with Crippen LogP contribution in [0.1, 0.15) is 29.2 Å². The van der Waals surface area contributed by atoms with Crippen molar-refractivity contribution in [2.75, 3.05) is 0 Å². The van der Waals surface area contributed by atoms with Crippen molar-refractivity contribution in [1.29, 1.82) is 0 Å². The first-order valence-electron chi connectivity index (χ1n) is 20.3. The second-order valence-corrected chi connectivity index (χ2v) is 16.2. The smallest absolute Gasteiger partial charge is 0.160 e. The fourth-order valence-electron chi connectivity index (χ4n) is 8.97. The zero-order valence-corrected chi connectivity index (χ0v) is 35.8. The molecule has 8 aromatic rings. The summed E-state index contributed by atoms with van der Waals surface area (Å²) in [6.07, 6.45) is 0. The number of furan rings is 1. The maximum atomic E-state index is 6.27. The molecule has 0 N–H and O–H groups in total. The molecule has 0 aliphatic heterocycles. The molecular formula is C46H43B9N2O.